The van der Waals surface area contributed by atoms with Gasteiger partial charge in [0.15, 0.2) is 0 Å². The van der Waals surface area contributed by atoms with Crippen molar-refractivity contribution in [3.63, 3.8) is 0 Å². The van der Waals surface area contributed by atoms with E-state index in [0.29, 0.717) is 0 Å². The predicted molar refractivity (Wildman–Crippen MR) is 65.9 cm³/mol. The number of fused-ring (bicyclic) bond motifs is 1. The highest BCUT2D eigenvalue weighted by atomic mass is 16.5. The quantitative estimate of drug-likeness (QED) is 0.851. The summed E-state index contributed by atoms with van der Waals surface area (Å²) in [4.78, 5) is 0. The summed E-state index contributed by atoms with van der Waals surface area (Å²) in [6.07, 6.45) is 1.62. The number of methoxy groups -OCH3 is 1. The molecule has 0 amide bonds. The number of aliphatic hydroxyl groups excluding tert-OH is 1. The van der Waals surface area contributed by atoms with Gasteiger partial charge in [-0.2, -0.15) is 0 Å². The SMILES string of the molecule is COc1ccc2ccccc2c1CCCO. The third-order valence-electron chi connectivity index (χ3n) is 2.80. The van der Waals surface area contributed by atoms with Crippen LogP contribution in [0.15, 0.2) is 36.4 Å². The molecule has 2 nitrogen and oxygen atoms in total. The molecule has 0 aliphatic heterocycles. The first-order chi connectivity index (χ1) is 7.86. The van der Waals surface area contributed by atoms with Gasteiger partial charge in [0.25, 0.3) is 0 Å². The summed E-state index contributed by atoms with van der Waals surface area (Å²) in [5.74, 6) is 0.909. The third-order valence-corrected chi connectivity index (χ3v) is 2.80. The van der Waals surface area contributed by atoms with E-state index in [9.17, 15) is 0 Å². The average Bonchev–Trinajstić information content (AvgIpc) is 2.35. The van der Waals surface area contributed by atoms with Gasteiger partial charge in [-0.3, -0.25) is 0 Å². The molecule has 0 aromatic heterocycles. The number of aryl methyl sites for hydroxylation is 1. The topological polar surface area (TPSA) is 29.5 Å². The van der Waals surface area contributed by atoms with Gasteiger partial charge in [-0.05, 0) is 29.7 Å². The summed E-state index contributed by atoms with van der Waals surface area (Å²) >= 11 is 0. The molecule has 2 aromatic rings. The molecule has 0 saturated carbocycles. The van der Waals surface area contributed by atoms with Crippen LogP contribution in [-0.4, -0.2) is 18.8 Å². The van der Waals surface area contributed by atoms with Crippen molar-refractivity contribution >= 4 is 10.8 Å². The second kappa shape index (κ2) is 4.99. The van der Waals surface area contributed by atoms with Crippen molar-refractivity contribution in [3.05, 3.63) is 42.0 Å². The Hall–Kier alpha value is -1.54. The van der Waals surface area contributed by atoms with E-state index in [1.54, 1.807) is 7.11 Å². The Bertz CT molecular complexity index is 477. The Morgan fingerprint density at radius 3 is 2.69 bits per heavy atom. The number of rotatable bonds is 4. The standard InChI is InChI=1S/C14H16O2/c1-16-14-9-8-11-5-2-3-6-12(11)13(14)7-4-10-15/h2-3,5-6,8-9,15H,4,7,10H2,1H3. The fraction of sp³-hybridized carbons (Fsp3) is 0.286. The van der Waals surface area contributed by atoms with Gasteiger partial charge in [0.05, 0.1) is 7.11 Å². The van der Waals surface area contributed by atoms with Crippen LogP contribution in [0.4, 0.5) is 0 Å². The van der Waals surface area contributed by atoms with Crippen molar-refractivity contribution in [2.24, 2.45) is 0 Å². The van der Waals surface area contributed by atoms with Gasteiger partial charge in [0, 0.05) is 12.2 Å². The van der Waals surface area contributed by atoms with E-state index in [1.807, 2.05) is 18.2 Å². The number of hydrogen-bond donors (Lipinski definition) is 1. The van der Waals surface area contributed by atoms with Gasteiger partial charge in [0.1, 0.15) is 5.75 Å². The molecular weight excluding hydrogens is 200 g/mol. The third kappa shape index (κ3) is 2.02. The molecule has 0 aliphatic carbocycles. The monoisotopic (exact) mass is 216 g/mol. The minimum Gasteiger partial charge on any atom is -0.496 e. The average molecular weight is 216 g/mol. The largest absolute Gasteiger partial charge is 0.496 e. The Labute approximate surface area is 95.5 Å². The second-order valence-electron chi connectivity index (χ2n) is 3.79. The minimum absolute atomic E-state index is 0.215. The van der Waals surface area contributed by atoms with Gasteiger partial charge in [-0.1, -0.05) is 30.3 Å². The molecule has 84 valence electrons. The van der Waals surface area contributed by atoms with E-state index in [1.165, 1.54) is 16.3 Å². The molecule has 2 rings (SSSR count). The van der Waals surface area contributed by atoms with Gasteiger partial charge in [-0.15, -0.1) is 0 Å². The molecule has 0 unspecified atom stereocenters. The molecule has 0 heterocycles. The summed E-state index contributed by atoms with van der Waals surface area (Å²) in [5, 5.41) is 11.4. The smallest absolute Gasteiger partial charge is 0.122 e. The minimum atomic E-state index is 0.215. The fourth-order valence-electron chi connectivity index (χ4n) is 2.02. The molecule has 0 bridgehead atoms. The van der Waals surface area contributed by atoms with Crippen LogP contribution in [0.1, 0.15) is 12.0 Å². The van der Waals surface area contributed by atoms with E-state index in [0.717, 1.165) is 18.6 Å². The Morgan fingerprint density at radius 1 is 1.12 bits per heavy atom. The molecule has 0 saturated heterocycles. The maximum Gasteiger partial charge on any atom is 0.122 e. The number of aliphatic hydroxyl groups is 1. The number of ether oxygens (including phenoxy) is 1. The number of hydrogen-bond acceptors (Lipinski definition) is 2. The summed E-state index contributed by atoms with van der Waals surface area (Å²) in [6, 6.07) is 12.3. The maximum atomic E-state index is 8.92. The summed E-state index contributed by atoms with van der Waals surface area (Å²) < 4.78 is 5.37. The highest BCUT2D eigenvalue weighted by molar-refractivity contribution is 5.87. The lowest BCUT2D eigenvalue weighted by atomic mass is 10.00. The van der Waals surface area contributed by atoms with E-state index in [2.05, 4.69) is 18.2 Å². The highest BCUT2D eigenvalue weighted by Gasteiger charge is 2.07. The molecule has 0 radical (unpaired) electrons. The van der Waals surface area contributed by atoms with Crippen LogP contribution in [0.25, 0.3) is 10.8 Å². The molecule has 2 aromatic carbocycles. The van der Waals surface area contributed by atoms with Gasteiger partial charge in [0.2, 0.25) is 0 Å². The second-order valence-corrected chi connectivity index (χ2v) is 3.79. The zero-order valence-corrected chi connectivity index (χ0v) is 9.44. The maximum absolute atomic E-state index is 8.92. The molecule has 0 atom stereocenters. The van der Waals surface area contributed by atoms with Gasteiger partial charge < -0.3 is 9.84 Å². The van der Waals surface area contributed by atoms with E-state index in [4.69, 9.17) is 9.84 Å². The lowest BCUT2D eigenvalue weighted by molar-refractivity contribution is 0.288. The summed E-state index contributed by atoms with van der Waals surface area (Å²) in [6.45, 7) is 0.215. The first-order valence-electron chi connectivity index (χ1n) is 5.52. The number of benzene rings is 2. The van der Waals surface area contributed by atoms with E-state index >= 15 is 0 Å². The Kier molecular flexibility index (Phi) is 3.42. The molecular formula is C14H16O2. The van der Waals surface area contributed by atoms with E-state index in [-0.39, 0.29) is 6.61 Å². The van der Waals surface area contributed by atoms with Crippen molar-refractivity contribution in [2.75, 3.05) is 13.7 Å². The van der Waals surface area contributed by atoms with Crippen LogP contribution in [-0.2, 0) is 6.42 Å². The summed E-state index contributed by atoms with van der Waals surface area (Å²) in [5.41, 5.74) is 1.19. The Morgan fingerprint density at radius 2 is 1.94 bits per heavy atom. The van der Waals surface area contributed by atoms with Crippen molar-refractivity contribution < 1.29 is 9.84 Å². The highest BCUT2D eigenvalue weighted by Crippen LogP contribution is 2.28. The van der Waals surface area contributed by atoms with Crippen LogP contribution in [0.2, 0.25) is 0 Å². The van der Waals surface area contributed by atoms with Crippen LogP contribution in [0.5, 0.6) is 5.75 Å². The normalized spacial score (nSPS) is 10.6. The van der Waals surface area contributed by atoms with Gasteiger partial charge in [-0.25, -0.2) is 0 Å². The zero-order valence-electron chi connectivity index (χ0n) is 9.44. The van der Waals surface area contributed by atoms with Crippen LogP contribution in [0, 0.1) is 0 Å². The van der Waals surface area contributed by atoms with Crippen molar-refractivity contribution in [2.45, 2.75) is 12.8 Å². The van der Waals surface area contributed by atoms with Gasteiger partial charge >= 0.3 is 0 Å². The van der Waals surface area contributed by atoms with Crippen molar-refractivity contribution in [1.29, 1.82) is 0 Å². The molecule has 16 heavy (non-hydrogen) atoms. The van der Waals surface area contributed by atoms with Crippen molar-refractivity contribution in [1.82, 2.24) is 0 Å². The first-order valence-corrected chi connectivity index (χ1v) is 5.52. The molecule has 1 N–H and O–H groups in total. The predicted octanol–water partition coefficient (Wildman–Crippen LogP) is 2.77. The molecule has 0 spiro atoms. The fourth-order valence-corrected chi connectivity index (χ4v) is 2.02. The molecule has 2 heteroatoms. The molecule has 0 fully saturated rings. The zero-order chi connectivity index (χ0) is 11.4. The van der Waals surface area contributed by atoms with E-state index < -0.39 is 0 Å². The van der Waals surface area contributed by atoms with Crippen LogP contribution in [0.3, 0.4) is 0 Å². The lowest BCUT2D eigenvalue weighted by Crippen LogP contribution is -1.95. The van der Waals surface area contributed by atoms with Crippen LogP contribution >= 0.6 is 0 Å². The van der Waals surface area contributed by atoms with Crippen molar-refractivity contribution in [3.8, 4) is 5.75 Å². The van der Waals surface area contributed by atoms with Crippen LogP contribution < -0.4 is 4.74 Å². The Balaban J connectivity index is 2.54. The lowest BCUT2D eigenvalue weighted by Gasteiger charge is -2.11. The molecule has 0 aliphatic rings. The first kappa shape index (κ1) is 11.0. The summed E-state index contributed by atoms with van der Waals surface area (Å²) in [7, 11) is 1.69.